The standard InChI is InChI=1S/C14H20N2O5/c1-5-14(17)15-9(3)10-7-12(20-4)13(21-6-2)8-11(10)16(18)19/h7-9H,5-6H2,1-4H3,(H,15,17). The quantitative estimate of drug-likeness (QED) is 0.617. The van der Waals surface area contributed by atoms with E-state index in [9.17, 15) is 14.9 Å². The highest BCUT2D eigenvalue weighted by atomic mass is 16.6. The number of carbonyl (C=O) groups excluding carboxylic acids is 1. The molecule has 1 unspecified atom stereocenters. The molecule has 0 saturated heterocycles. The molecule has 1 aromatic rings. The average Bonchev–Trinajstić information content (AvgIpc) is 2.46. The second-order valence-corrected chi connectivity index (χ2v) is 4.39. The molecule has 0 saturated carbocycles. The van der Waals surface area contributed by atoms with E-state index in [-0.39, 0.29) is 11.6 Å². The predicted molar refractivity (Wildman–Crippen MR) is 77.7 cm³/mol. The molecule has 7 heteroatoms. The maximum atomic E-state index is 11.5. The Morgan fingerprint density at radius 1 is 1.38 bits per heavy atom. The van der Waals surface area contributed by atoms with Gasteiger partial charge in [0.2, 0.25) is 5.91 Å². The Bertz CT molecular complexity index is 530. The summed E-state index contributed by atoms with van der Waals surface area (Å²) in [5, 5.41) is 13.9. The molecule has 0 radical (unpaired) electrons. The third-order valence-electron chi connectivity index (χ3n) is 2.97. The van der Waals surface area contributed by atoms with Crippen molar-refractivity contribution in [2.75, 3.05) is 13.7 Å². The highest BCUT2D eigenvalue weighted by Gasteiger charge is 2.24. The molecule has 1 rings (SSSR count). The van der Waals surface area contributed by atoms with Crippen molar-refractivity contribution in [3.05, 3.63) is 27.8 Å². The van der Waals surface area contributed by atoms with Gasteiger partial charge in [0.05, 0.1) is 36.3 Å². The molecule has 0 spiro atoms. The number of nitrogens with one attached hydrogen (secondary N) is 1. The lowest BCUT2D eigenvalue weighted by atomic mass is 10.0. The Morgan fingerprint density at radius 3 is 2.52 bits per heavy atom. The van der Waals surface area contributed by atoms with E-state index in [2.05, 4.69) is 5.32 Å². The lowest BCUT2D eigenvalue weighted by molar-refractivity contribution is -0.385. The van der Waals surface area contributed by atoms with Crippen molar-refractivity contribution in [3.63, 3.8) is 0 Å². The first-order valence-corrected chi connectivity index (χ1v) is 6.73. The van der Waals surface area contributed by atoms with Crippen LogP contribution in [0.5, 0.6) is 11.5 Å². The van der Waals surface area contributed by atoms with Gasteiger partial charge >= 0.3 is 0 Å². The number of nitro groups is 1. The molecule has 0 aliphatic heterocycles. The lowest BCUT2D eigenvalue weighted by Gasteiger charge is -2.17. The van der Waals surface area contributed by atoms with Crippen LogP contribution >= 0.6 is 0 Å². The monoisotopic (exact) mass is 296 g/mol. The zero-order valence-corrected chi connectivity index (χ0v) is 12.6. The number of ether oxygens (including phenoxy) is 2. The highest BCUT2D eigenvalue weighted by molar-refractivity contribution is 5.76. The second kappa shape index (κ2) is 7.47. The van der Waals surface area contributed by atoms with Gasteiger partial charge in [-0.25, -0.2) is 0 Å². The van der Waals surface area contributed by atoms with Crippen LogP contribution in [0.2, 0.25) is 0 Å². The molecule has 116 valence electrons. The minimum atomic E-state index is -0.498. The molecule has 0 aromatic heterocycles. The Balaban J connectivity index is 3.28. The van der Waals surface area contributed by atoms with E-state index >= 15 is 0 Å². The molecule has 21 heavy (non-hydrogen) atoms. The second-order valence-electron chi connectivity index (χ2n) is 4.39. The van der Waals surface area contributed by atoms with Gasteiger partial charge in [-0.3, -0.25) is 14.9 Å². The van der Waals surface area contributed by atoms with Gasteiger partial charge in [-0.2, -0.15) is 0 Å². The van der Waals surface area contributed by atoms with Crippen LogP contribution in [-0.4, -0.2) is 24.5 Å². The molecule has 7 nitrogen and oxygen atoms in total. The van der Waals surface area contributed by atoms with E-state index in [0.717, 1.165) is 0 Å². The summed E-state index contributed by atoms with van der Waals surface area (Å²) in [6.07, 6.45) is 0.312. The van der Waals surface area contributed by atoms with Gasteiger partial charge in [0.25, 0.3) is 5.69 Å². The van der Waals surface area contributed by atoms with Crippen LogP contribution in [0.25, 0.3) is 0 Å². The van der Waals surface area contributed by atoms with Gasteiger partial charge < -0.3 is 14.8 Å². The largest absolute Gasteiger partial charge is 0.493 e. The first kappa shape index (κ1) is 16.7. The van der Waals surface area contributed by atoms with Crippen LogP contribution in [0, 0.1) is 10.1 Å². The fourth-order valence-corrected chi connectivity index (χ4v) is 1.92. The number of benzene rings is 1. The third-order valence-corrected chi connectivity index (χ3v) is 2.97. The third kappa shape index (κ3) is 4.08. The van der Waals surface area contributed by atoms with Gasteiger partial charge in [0.1, 0.15) is 0 Å². The summed E-state index contributed by atoms with van der Waals surface area (Å²) in [4.78, 5) is 22.2. The van der Waals surface area contributed by atoms with Crippen LogP contribution in [0.1, 0.15) is 38.8 Å². The SMILES string of the molecule is CCOc1cc([N+](=O)[O-])c(C(C)NC(=O)CC)cc1OC. The number of nitro benzene ring substituents is 1. The molecular weight excluding hydrogens is 276 g/mol. The summed E-state index contributed by atoms with van der Waals surface area (Å²) in [5.41, 5.74) is 0.269. The van der Waals surface area contributed by atoms with Crippen molar-refractivity contribution in [2.24, 2.45) is 0 Å². The summed E-state index contributed by atoms with van der Waals surface area (Å²) in [6.45, 7) is 5.56. The molecule has 0 aliphatic rings. The lowest BCUT2D eigenvalue weighted by Crippen LogP contribution is -2.26. The van der Waals surface area contributed by atoms with E-state index in [1.54, 1.807) is 20.8 Å². The highest BCUT2D eigenvalue weighted by Crippen LogP contribution is 2.37. The maximum Gasteiger partial charge on any atom is 0.278 e. The van der Waals surface area contributed by atoms with Crippen molar-refractivity contribution in [3.8, 4) is 11.5 Å². The number of amides is 1. The van der Waals surface area contributed by atoms with Crippen molar-refractivity contribution < 1.29 is 19.2 Å². The van der Waals surface area contributed by atoms with Gasteiger partial charge in [-0.15, -0.1) is 0 Å². The van der Waals surface area contributed by atoms with Crippen molar-refractivity contribution >= 4 is 11.6 Å². The Labute approximate surface area is 123 Å². The molecule has 0 aliphatic carbocycles. The molecule has 0 fully saturated rings. The molecule has 0 heterocycles. The molecule has 1 aromatic carbocycles. The molecule has 1 atom stereocenters. The van der Waals surface area contributed by atoms with Gasteiger partial charge in [-0.05, 0) is 19.9 Å². The summed E-state index contributed by atoms with van der Waals surface area (Å²) < 4.78 is 10.5. The van der Waals surface area contributed by atoms with E-state index in [1.807, 2.05) is 0 Å². The normalized spacial score (nSPS) is 11.6. The summed E-state index contributed by atoms with van der Waals surface area (Å²) in [7, 11) is 1.46. The van der Waals surface area contributed by atoms with Crippen LogP contribution in [0.4, 0.5) is 5.69 Å². The minimum absolute atomic E-state index is 0.108. The number of nitrogens with zero attached hydrogens (tertiary/aromatic N) is 1. The van der Waals surface area contributed by atoms with E-state index in [1.165, 1.54) is 19.2 Å². The number of methoxy groups -OCH3 is 1. The van der Waals surface area contributed by atoms with Crippen LogP contribution in [0.15, 0.2) is 12.1 Å². The minimum Gasteiger partial charge on any atom is -0.493 e. The zero-order valence-electron chi connectivity index (χ0n) is 12.6. The number of hydrogen-bond donors (Lipinski definition) is 1. The van der Waals surface area contributed by atoms with E-state index in [0.29, 0.717) is 30.1 Å². The number of rotatable bonds is 7. The topological polar surface area (TPSA) is 90.7 Å². The summed E-state index contributed by atoms with van der Waals surface area (Å²) >= 11 is 0. The molecule has 1 N–H and O–H groups in total. The average molecular weight is 296 g/mol. The van der Waals surface area contributed by atoms with E-state index in [4.69, 9.17) is 9.47 Å². The molecule has 1 amide bonds. The van der Waals surface area contributed by atoms with Gasteiger partial charge in [0, 0.05) is 6.42 Å². The fourth-order valence-electron chi connectivity index (χ4n) is 1.92. The summed E-state index contributed by atoms with van der Waals surface area (Å²) in [6, 6.07) is 2.36. The van der Waals surface area contributed by atoms with Crippen LogP contribution in [-0.2, 0) is 4.79 Å². The number of carbonyl (C=O) groups is 1. The number of hydrogen-bond acceptors (Lipinski definition) is 5. The predicted octanol–water partition coefficient (Wildman–Crippen LogP) is 2.59. The van der Waals surface area contributed by atoms with Crippen LogP contribution < -0.4 is 14.8 Å². The zero-order chi connectivity index (χ0) is 16.0. The first-order chi connectivity index (χ1) is 9.94. The Morgan fingerprint density at radius 2 is 2.05 bits per heavy atom. The van der Waals surface area contributed by atoms with Gasteiger partial charge in [-0.1, -0.05) is 6.92 Å². The first-order valence-electron chi connectivity index (χ1n) is 6.73. The van der Waals surface area contributed by atoms with E-state index < -0.39 is 11.0 Å². The van der Waals surface area contributed by atoms with Gasteiger partial charge in [0.15, 0.2) is 11.5 Å². The molecule has 0 bridgehead atoms. The van der Waals surface area contributed by atoms with Crippen LogP contribution in [0.3, 0.4) is 0 Å². The summed E-state index contributed by atoms with van der Waals surface area (Å²) in [5.74, 6) is 0.532. The van der Waals surface area contributed by atoms with Crippen molar-refractivity contribution in [2.45, 2.75) is 33.2 Å². The molecular formula is C14H20N2O5. The van der Waals surface area contributed by atoms with Crippen molar-refractivity contribution in [1.29, 1.82) is 0 Å². The Kier molecular flexibility index (Phi) is 5.95. The van der Waals surface area contributed by atoms with Crippen molar-refractivity contribution in [1.82, 2.24) is 5.32 Å². The maximum absolute atomic E-state index is 11.5. The Hall–Kier alpha value is -2.31. The smallest absolute Gasteiger partial charge is 0.278 e. The fraction of sp³-hybridized carbons (Fsp3) is 0.500.